The van der Waals surface area contributed by atoms with Gasteiger partial charge in [-0.05, 0) is 61.3 Å². The maximum atomic E-state index is 14.4. The number of phenolic OH excluding ortho intramolecular Hbond substituents is 1. The van der Waals surface area contributed by atoms with E-state index >= 15 is 0 Å². The number of phenols is 1. The first-order valence-corrected chi connectivity index (χ1v) is 16.4. The van der Waals surface area contributed by atoms with Crippen molar-refractivity contribution in [1.82, 2.24) is 0 Å². The second-order valence-corrected chi connectivity index (χ2v) is 12.3. The van der Waals surface area contributed by atoms with Crippen molar-refractivity contribution >= 4 is 22.7 Å². The summed E-state index contributed by atoms with van der Waals surface area (Å²) in [6.45, 7) is 0.385. The summed E-state index contributed by atoms with van der Waals surface area (Å²) in [4.78, 5) is 28.5. The number of aromatic hydroxyl groups is 1. The normalized spacial score (nSPS) is 15.6. The van der Waals surface area contributed by atoms with E-state index in [0.29, 0.717) is 22.4 Å². The fourth-order valence-electron chi connectivity index (χ4n) is 7.02. The van der Waals surface area contributed by atoms with E-state index in [4.69, 9.17) is 33.2 Å². The molecule has 0 spiro atoms. The van der Waals surface area contributed by atoms with E-state index < -0.39 is 17.7 Å². The highest BCUT2D eigenvalue weighted by molar-refractivity contribution is 6.20. The molecule has 2 aliphatic rings. The molecule has 3 aromatic rings. The van der Waals surface area contributed by atoms with Crippen molar-refractivity contribution in [2.45, 2.75) is 64.2 Å². The van der Waals surface area contributed by atoms with E-state index in [1.165, 1.54) is 35.5 Å². The number of benzene rings is 3. The Morgan fingerprint density at radius 1 is 0.638 bits per heavy atom. The van der Waals surface area contributed by atoms with Crippen LogP contribution >= 0.6 is 0 Å². The molecule has 0 radical (unpaired) electrons. The molecule has 3 aromatic carbocycles. The van der Waals surface area contributed by atoms with Crippen LogP contribution in [0, 0.1) is 11.8 Å². The van der Waals surface area contributed by atoms with Crippen LogP contribution in [0.2, 0.25) is 0 Å². The molecule has 0 aromatic heterocycles. The Morgan fingerprint density at radius 2 is 1.17 bits per heavy atom. The first-order valence-electron chi connectivity index (χ1n) is 16.4. The molecule has 10 nitrogen and oxygen atoms in total. The maximum absolute atomic E-state index is 14.4. The highest BCUT2D eigenvalue weighted by atomic mass is 16.5. The van der Waals surface area contributed by atoms with Crippen LogP contribution in [0.15, 0.2) is 24.3 Å². The van der Waals surface area contributed by atoms with Gasteiger partial charge in [0.1, 0.15) is 11.3 Å². The van der Waals surface area contributed by atoms with Gasteiger partial charge in [0, 0.05) is 16.3 Å². The molecule has 47 heavy (non-hydrogen) atoms. The zero-order chi connectivity index (χ0) is 33.5. The molecule has 2 aliphatic carbocycles. The van der Waals surface area contributed by atoms with E-state index in [2.05, 4.69) is 0 Å². The van der Waals surface area contributed by atoms with Crippen LogP contribution in [0.1, 0.15) is 84.9 Å². The largest absolute Gasteiger partial charge is 0.506 e. The van der Waals surface area contributed by atoms with Gasteiger partial charge in [0.25, 0.3) is 0 Å². The minimum atomic E-state index is -0.810. The Bertz CT molecular complexity index is 1580. The summed E-state index contributed by atoms with van der Waals surface area (Å²) in [5.41, 5.74) is 0.372. The van der Waals surface area contributed by atoms with Crippen LogP contribution in [0.25, 0.3) is 21.9 Å². The molecule has 1 N–H and O–H groups in total. The first kappa shape index (κ1) is 34.0. The lowest BCUT2D eigenvalue weighted by molar-refractivity contribution is 0.0362. The van der Waals surface area contributed by atoms with Crippen LogP contribution in [-0.4, -0.2) is 65.8 Å². The summed E-state index contributed by atoms with van der Waals surface area (Å²) in [5, 5.41) is 12.5. The molecule has 0 unspecified atom stereocenters. The standard InChI is InChI=1S/C37H46O10/c1-41-26-17-16-24(18-27(26)42-2)29-30-25(19-28(43-3)34(44-4)35(30)45-5)33(38)32(37(40)47-21-23-14-10-7-11-15-23)31(29)36(39)46-20-22-12-8-6-9-13-22/h16-19,22-23,38H,6-15,20-21H2,1-5H3. The van der Waals surface area contributed by atoms with E-state index in [-0.39, 0.29) is 64.4 Å². The Balaban J connectivity index is 1.79. The number of fused-ring (bicyclic) bond motifs is 1. The van der Waals surface area contributed by atoms with E-state index in [1.807, 2.05) is 0 Å². The number of hydrogen-bond donors (Lipinski definition) is 1. The summed E-state index contributed by atoms with van der Waals surface area (Å²) in [5.74, 6) is 0.00454. The molecule has 10 heteroatoms. The fraction of sp³-hybridized carbons (Fsp3) is 0.514. The minimum absolute atomic E-state index is 0.128. The van der Waals surface area contributed by atoms with Crippen LogP contribution < -0.4 is 23.7 Å². The molecular formula is C37H46O10. The molecule has 254 valence electrons. The van der Waals surface area contributed by atoms with Crippen molar-refractivity contribution in [1.29, 1.82) is 0 Å². The number of carbonyl (C=O) groups excluding carboxylic acids is 2. The molecule has 2 saturated carbocycles. The molecule has 0 heterocycles. The van der Waals surface area contributed by atoms with Crippen molar-refractivity contribution in [3.8, 4) is 45.6 Å². The zero-order valence-corrected chi connectivity index (χ0v) is 28.1. The number of rotatable bonds is 12. The van der Waals surface area contributed by atoms with Gasteiger partial charge in [0.2, 0.25) is 5.75 Å². The van der Waals surface area contributed by atoms with Crippen molar-refractivity contribution in [3.63, 3.8) is 0 Å². The van der Waals surface area contributed by atoms with Gasteiger partial charge in [0.05, 0.1) is 54.3 Å². The van der Waals surface area contributed by atoms with Crippen LogP contribution in [-0.2, 0) is 9.47 Å². The van der Waals surface area contributed by atoms with Gasteiger partial charge in [-0.2, -0.15) is 0 Å². The lowest BCUT2D eigenvalue weighted by atomic mass is 9.87. The summed E-state index contributed by atoms with van der Waals surface area (Å²) in [6, 6.07) is 6.72. The van der Waals surface area contributed by atoms with Gasteiger partial charge in [-0.1, -0.05) is 44.6 Å². The quantitative estimate of drug-likeness (QED) is 0.195. The Hall–Kier alpha value is -4.34. The van der Waals surface area contributed by atoms with E-state index in [9.17, 15) is 14.7 Å². The molecule has 5 rings (SSSR count). The number of esters is 2. The highest BCUT2D eigenvalue weighted by Gasteiger charge is 2.35. The summed E-state index contributed by atoms with van der Waals surface area (Å²) in [7, 11) is 7.43. The average molecular weight is 651 g/mol. The first-order chi connectivity index (χ1) is 22.9. The third-order valence-corrected chi connectivity index (χ3v) is 9.50. The number of methoxy groups -OCH3 is 5. The summed E-state index contributed by atoms with van der Waals surface area (Å²) in [6.07, 6.45) is 10.5. The third kappa shape index (κ3) is 7.01. The third-order valence-electron chi connectivity index (χ3n) is 9.50. The topological polar surface area (TPSA) is 119 Å². The van der Waals surface area contributed by atoms with Crippen molar-refractivity contribution in [2.75, 3.05) is 48.8 Å². The summed E-state index contributed by atoms with van der Waals surface area (Å²) >= 11 is 0. The second-order valence-electron chi connectivity index (χ2n) is 12.3. The van der Waals surface area contributed by atoms with Gasteiger partial charge in [-0.15, -0.1) is 0 Å². The van der Waals surface area contributed by atoms with Gasteiger partial charge in [-0.25, -0.2) is 9.59 Å². The van der Waals surface area contributed by atoms with E-state index in [0.717, 1.165) is 64.2 Å². The van der Waals surface area contributed by atoms with Crippen molar-refractivity contribution < 1.29 is 47.9 Å². The van der Waals surface area contributed by atoms with Crippen LogP contribution in [0.3, 0.4) is 0 Å². The average Bonchev–Trinajstić information content (AvgIpc) is 3.12. The molecule has 0 atom stereocenters. The predicted octanol–water partition coefficient (Wildman–Crippen LogP) is 7.73. The van der Waals surface area contributed by atoms with Gasteiger partial charge in [-0.3, -0.25) is 0 Å². The maximum Gasteiger partial charge on any atom is 0.342 e. The van der Waals surface area contributed by atoms with Gasteiger partial charge in [0.15, 0.2) is 23.0 Å². The van der Waals surface area contributed by atoms with Crippen LogP contribution in [0.4, 0.5) is 0 Å². The van der Waals surface area contributed by atoms with Crippen LogP contribution in [0.5, 0.6) is 34.5 Å². The number of hydrogen-bond acceptors (Lipinski definition) is 10. The van der Waals surface area contributed by atoms with Gasteiger partial charge >= 0.3 is 11.9 Å². The zero-order valence-electron chi connectivity index (χ0n) is 28.1. The smallest absolute Gasteiger partial charge is 0.342 e. The lowest BCUT2D eigenvalue weighted by Crippen LogP contribution is -2.22. The molecule has 2 fully saturated rings. The van der Waals surface area contributed by atoms with E-state index in [1.54, 1.807) is 24.3 Å². The number of ether oxygens (including phenoxy) is 7. The molecule has 0 saturated heterocycles. The lowest BCUT2D eigenvalue weighted by Gasteiger charge is -2.25. The number of carbonyl (C=O) groups is 2. The fourth-order valence-corrected chi connectivity index (χ4v) is 7.02. The highest BCUT2D eigenvalue weighted by Crippen LogP contribution is 2.53. The molecule has 0 bridgehead atoms. The molecule has 0 amide bonds. The predicted molar refractivity (Wildman–Crippen MR) is 178 cm³/mol. The monoisotopic (exact) mass is 650 g/mol. The minimum Gasteiger partial charge on any atom is -0.506 e. The molecular weight excluding hydrogens is 604 g/mol. The second kappa shape index (κ2) is 15.5. The molecule has 0 aliphatic heterocycles. The summed E-state index contributed by atoms with van der Waals surface area (Å²) < 4.78 is 40.2. The van der Waals surface area contributed by atoms with Crippen molar-refractivity contribution in [2.24, 2.45) is 11.8 Å². The van der Waals surface area contributed by atoms with Crippen molar-refractivity contribution in [3.05, 3.63) is 35.4 Å². The SMILES string of the molecule is COc1ccc(-c2c(C(=O)OCC3CCCCC3)c(C(=O)OCC3CCCCC3)c(O)c3cc(OC)c(OC)c(OC)c23)cc1OC. The van der Waals surface area contributed by atoms with Gasteiger partial charge < -0.3 is 38.3 Å². The Morgan fingerprint density at radius 3 is 1.68 bits per heavy atom. The Kier molecular flexibility index (Phi) is 11.2. The Labute approximate surface area is 276 Å².